The van der Waals surface area contributed by atoms with Gasteiger partial charge in [-0.05, 0) is 44.7 Å². The molecular weight excluding hydrogens is 330 g/mol. The molecule has 8 nitrogen and oxygen atoms in total. The number of hydrogen-bond donors (Lipinski definition) is 2. The average Bonchev–Trinajstić information content (AvgIpc) is 3.03. The molecule has 1 atom stereocenters. The third-order valence-electron chi connectivity index (χ3n) is 6.40. The Balaban J connectivity index is 1.43. The predicted octanol–water partition coefficient (Wildman–Crippen LogP) is 0.554. The molecule has 3 aliphatic rings. The summed E-state index contributed by atoms with van der Waals surface area (Å²) in [5.41, 5.74) is 11.8. The molecule has 0 radical (unpaired) electrons. The molecule has 3 saturated heterocycles. The van der Waals surface area contributed by atoms with E-state index in [1.807, 2.05) is 0 Å². The maximum absolute atomic E-state index is 12.5. The van der Waals surface area contributed by atoms with Gasteiger partial charge < -0.3 is 26.2 Å². The van der Waals surface area contributed by atoms with Gasteiger partial charge in [-0.2, -0.15) is 9.97 Å². The molecule has 4 heterocycles. The van der Waals surface area contributed by atoms with Crippen LogP contribution >= 0.6 is 0 Å². The molecule has 8 heteroatoms. The number of carbonyl (C=O) groups excluding carboxylic acids is 1. The Labute approximate surface area is 154 Å². The Hall–Kier alpha value is -2.09. The summed E-state index contributed by atoms with van der Waals surface area (Å²) in [6, 6.07) is 2.18. The number of carbonyl (C=O) groups is 1. The maximum atomic E-state index is 12.5. The number of rotatable bonds is 2. The van der Waals surface area contributed by atoms with Crippen molar-refractivity contribution in [3.63, 3.8) is 0 Å². The van der Waals surface area contributed by atoms with Crippen LogP contribution in [0.4, 0.5) is 17.6 Å². The lowest BCUT2D eigenvalue weighted by Gasteiger charge is -2.49. The highest BCUT2D eigenvalue weighted by Gasteiger charge is 2.43. The molecular formula is C18H29N7O. The topological polar surface area (TPSA) is 105 Å². The van der Waals surface area contributed by atoms with E-state index < -0.39 is 0 Å². The lowest BCUT2D eigenvalue weighted by Crippen LogP contribution is -2.55. The van der Waals surface area contributed by atoms with Crippen LogP contribution in [0, 0.1) is 5.41 Å². The van der Waals surface area contributed by atoms with Gasteiger partial charge in [0.1, 0.15) is 11.6 Å². The largest absolute Gasteiger partial charge is 0.383 e. The van der Waals surface area contributed by atoms with Crippen molar-refractivity contribution >= 4 is 23.5 Å². The molecule has 3 fully saturated rings. The summed E-state index contributed by atoms with van der Waals surface area (Å²) < 4.78 is 0. The molecule has 1 spiro atoms. The summed E-state index contributed by atoms with van der Waals surface area (Å²) in [5.74, 6) is 1.79. The lowest BCUT2D eigenvalue weighted by atomic mass is 9.72. The summed E-state index contributed by atoms with van der Waals surface area (Å²) in [6.07, 6.45) is 4.94. The van der Waals surface area contributed by atoms with Gasteiger partial charge in [0.15, 0.2) is 0 Å². The first-order valence-electron chi connectivity index (χ1n) is 9.57. The number of anilines is 3. The Morgan fingerprint density at radius 3 is 2.58 bits per heavy atom. The van der Waals surface area contributed by atoms with E-state index in [2.05, 4.69) is 31.7 Å². The second-order valence-electron chi connectivity index (χ2n) is 8.22. The first-order valence-corrected chi connectivity index (χ1v) is 9.57. The molecule has 142 valence electrons. The van der Waals surface area contributed by atoms with Gasteiger partial charge in [0, 0.05) is 44.7 Å². The monoisotopic (exact) mass is 359 g/mol. The minimum absolute atomic E-state index is 0.222. The van der Waals surface area contributed by atoms with E-state index in [1.165, 1.54) is 0 Å². The Morgan fingerprint density at radius 1 is 1.15 bits per heavy atom. The molecule has 0 aromatic carbocycles. The normalized spacial score (nSPS) is 26.7. The molecule has 3 aliphatic heterocycles. The van der Waals surface area contributed by atoms with Gasteiger partial charge in [0.05, 0.1) is 0 Å². The highest BCUT2D eigenvalue weighted by molar-refractivity contribution is 5.77. The number of nitrogens with two attached hydrogens (primary N) is 2. The molecule has 0 aliphatic carbocycles. The van der Waals surface area contributed by atoms with Crippen molar-refractivity contribution in [2.45, 2.75) is 38.1 Å². The molecule has 4 rings (SSSR count). The SMILES string of the molecule is CN1CC[C@@H](N2CC3(CCC2=O)CCN(c2cc(N)nc(N)n2)CC3)C1. The van der Waals surface area contributed by atoms with Gasteiger partial charge in [-0.3, -0.25) is 4.79 Å². The number of hydrogen-bond acceptors (Lipinski definition) is 7. The van der Waals surface area contributed by atoms with E-state index in [0.29, 0.717) is 24.2 Å². The first kappa shape index (κ1) is 17.3. The van der Waals surface area contributed by atoms with Crippen molar-refractivity contribution in [2.24, 2.45) is 5.41 Å². The molecule has 1 amide bonds. The number of nitrogens with zero attached hydrogens (tertiary/aromatic N) is 5. The summed E-state index contributed by atoms with van der Waals surface area (Å²) >= 11 is 0. The fourth-order valence-corrected chi connectivity index (χ4v) is 4.79. The molecule has 1 aromatic heterocycles. The minimum atomic E-state index is 0.222. The summed E-state index contributed by atoms with van der Waals surface area (Å²) in [7, 11) is 2.14. The molecule has 0 saturated carbocycles. The molecule has 4 N–H and O–H groups in total. The van der Waals surface area contributed by atoms with Gasteiger partial charge in [-0.15, -0.1) is 0 Å². The van der Waals surface area contributed by atoms with E-state index >= 15 is 0 Å². The standard InChI is InChI=1S/C18H29N7O/c1-23-7-3-13(11-23)25-12-18(4-2-16(25)26)5-8-24(9-6-18)15-10-14(19)21-17(20)22-15/h10,13H,2-9,11-12H2,1H3,(H4,19,20,21,22)/t13-/m1/s1. The van der Waals surface area contributed by atoms with E-state index in [9.17, 15) is 4.79 Å². The number of likely N-dealkylation sites (N-methyl/N-ethyl adjacent to an activating group) is 1. The van der Waals surface area contributed by atoms with Gasteiger partial charge in [-0.25, -0.2) is 0 Å². The van der Waals surface area contributed by atoms with Crippen LogP contribution in [0.25, 0.3) is 0 Å². The van der Waals surface area contributed by atoms with Crippen LogP contribution in [0.5, 0.6) is 0 Å². The summed E-state index contributed by atoms with van der Waals surface area (Å²) in [6.45, 7) is 4.84. The second-order valence-corrected chi connectivity index (χ2v) is 8.22. The van der Waals surface area contributed by atoms with Crippen LogP contribution < -0.4 is 16.4 Å². The quantitative estimate of drug-likeness (QED) is 0.795. The highest BCUT2D eigenvalue weighted by Crippen LogP contribution is 2.42. The van der Waals surface area contributed by atoms with Crippen molar-refractivity contribution in [1.29, 1.82) is 0 Å². The van der Waals surface area contributed by atoms with Gasteiger partial charge in [0.25, 0.3) is 0 Å². The van der Waals surface area contributed by atoms with Crippen molar-refractivity contribution < 1.29 is 4.79 Å². The Kier molecular flexibility index (Phi) is 4.38. The fraction of sp³-hybridized carbons (Fsp3) is 0.722. The molecule has 0 bridgehead atoms. The van der Waals surface area contributed by atoms with Crippen LogP contribution in [-0.4, -0.2) is 71.5 Å². The zero-order valence-electron chi connectivity index (χ0n) is 15.5. The molecule has 26 heavy (non-hydrogen) atoms. The highest BCUT2D eigenvalue weighted by atomic mass is 16.2. The van der Waals surface area contributed by atoms with Crippen molar-refractivity contribution in [2.75, 3.05) is 56.1 Å². The van der Waals surface area contributed by atoms with Crippen molar-refractivity contribution in [3.05, 3.63) is 6.07 Å². The number of amides is 1. The number of nitrogen functional groups attached to an aromatic ring is 2. The van der Waals surface area contributed by atoms with Gasteiger partial charge >= 0.3 is 0 Å². The van der Waals surface area contributed by atoms with Crippen LogP contribution in [0.2, 0.25) is 0 Å². The second kappa shape index (κ2) is 6.57. The van der Waals surface area contributed by atoms with Gasteiger partial charge in [-0.1, -0.05) is 0 Å². The van der Waals surface area contributed by atoms with Crippen LogP contribution in [0.3, 0.4) is 0 Å². The molecule has 0 unspecified atom stereocenters. The zero-order chi connectivity index (χ0) is 18.3. The van der Waals surface area contributed by atoms with E-state index in [1.54, 1.807) is 6.07 Å². The average molecular weight is 359 g/mol. The number of likely N-dealkylation sites (tertiary alicyclic amines) is 2. The lowest BCUT2D eigenvalue weighted by molar-refractivity contribution is -0.141. The van der Waals surface area contributed by atoms with E-state index in [0.717, 1.165) is 64.2 Å². The van der Waals surface area contributed by atoms with E-state index in [4.69, 9.17) is 11.5 Å². The summed E-state index contributed by atoms with van der Waals surface area (Å²) in [5, 5.41) is 0. The minimum Gasteiger partial charge on any atom is -0.383 e. The Morgan fingerprint density at radius 2 is 1.92 bits per heavy atom. The first-order chi connectivity index (χ1) is 12.4. The number of aromatic nitrogens is 2. The van der Waals surface area contributed by atoms with Crippen LogP contribution in [0.15, 0.2) is 6.07 Å². The fourth-order valence-electron chi connectivity index (χ4n) is 4.79. The Bertz CT molecular complexity index is 666. The van der Waals surface area contributed by atoms with Crippen LogP contribution in [-0.2, 0) is 4.79 Å². The smallest absolute Gasteiger partial charge is 0.223 e. The van der Waals surface area contributed by atoms with Crippen molar-refractivity contribution in [1.82, 2.24) is 19.8 Å². The third kappa shape index (κ3) is 3.30. The molecule has 1 aromatic rings. The predicted molar refractivity (Wildman–Crippen MR) is 102 cm³/mol. The number of piperidine rings is 2. The summed E-state index contributed by atoms with van der Waals surface area (Å²) in [4.78, 5) is 27.6. The van der Waals surface area contributed by atoms with Crippen LogP contribution in [0.1, 0.15) is 32.1 Å². The van der Waals surface area contributed by atoms with E-state index in [-0.39, 0.29) is 11.4 Å². The van der Waals surface area contributed by atoms with Gasteiger partial charge in [0.2, 0.25) is 11.9 Å². The third-order valence-corrected chi connectivity index (χ3v) is 6.40. The zero-order valence-corrected chi connectivity index (χ0v) is 15.5. The van der Waals surface area contributed by atoms with Crippen molar-refractivity contribution in [3.8, 4) is 0 Å². The maximum Gasteiger partial charge on any atom is 0.223 e.